The lowest BCUT2D eigenvalue weighted by Crippen LogP contribution is -2.23. The number of alkyl halides is 1. The van der Waals surface area contributed by atoms with Crippen molar-refractivity contribution in [3.05, 3.63) is 82.8 Å². The Morgan fingerprint density at radius 1 is 0.935 bits per heavy atom. The van der Waals surface area contributed by atoms with Crippen molar-refractivity contribution >= 4 is 32.6 Å². The summed E-state index contributed by atoms with van der Waals surface area (Å²) in [5, 5.41) is 7.97. The fourth-order valence-electron chi connectivity index (χ4n) is 4.28. The van der Waals surface area contributed by atoms with Crippen LogP contribution in [0.4, 0.5) is 4.39 Å². The Bertz CT molecular complexity index is 1450. The molecule has 0 amide bonds. The van der Waals surface area contributed by atoms with Gasteiger partial charge in [-0.25, -0.2) is 4.68 Å². The summed E-state index contributed by atoms with van der Waals surface area (Å²) >= 11 is 0. The number of rotatable bonds is 6. The average molecular weight is 415 g/mol. The van der Waals surface area contributed by atoms with Crippen LogP contribution < -0.4 is 10.3 Å². The largest absolute Gasteiger partial charge is 0.497 e. The summed E-state index contributed by atoms with van der Waals surface area (Å²) < 4.78 is 21.7. The Morgan fingerprint density at radius 2 is 1.74 bits per heavy atom. The lowest BCUT2D eigenvalue weighted by molar-refractivity contribution is 0.414. The highest BCUT2D eigenvalue weighted by Crippen LogP contribution is 2.33. The molecule has 0 aliphatic carbocycles. The first-order valence-corrected chi connectivity index (χ1v) is 10.3. The molecule has 5 nitrogen and oxygen atoms in total. The van der Waals surface area contributed by atoms with Crippen LogP contribution in [-0.4, -0.2) is 28.1 Å². The maximum absolute atomic E-state index is 13.2. The summed E-state index contributed by atoms with van der Waals surface area (Å²) in [6.45, 7) is 0.613. The van der Waals surface area contributed by atoms with E-state index in [-0.39, 0.29) is 12.2 Å². The molecule has 0 atom stereocenters. The summed E-state index contributed by atoms with van der Waals surface area (Å²) in [4.78, 5) is 13.2. The second kappa shape index (κ2) is 7.87. The Labute approximate surface area is 178 Å². The van der Waals surface area contributed by atoms with Crippen LogP contribution in [0.25, 0.3) is 32.6 Å². The molecular formula is C25H22FN3O2. The molecule has 31 heavy (non-hydrogen) atoms. The maximum atomic E-state index is 13.2. The molecule has 5 aromatic rings. The standard InChI is InChI=1S/C25H22FN3O2/c1-31-18-9-7-17(8-10-18)16-29-25(30)19-11-12-23-24(21(19)15-27-29)20-5-2-3-6-22(20)28(23)14-4-13-26/h2-3,5-12,15H,4,13-14,16H2,1H3. The van der Waals surface area contributed by atoms with Gasteiger partial charge in [0, 0.05) is 33.7 Å². The molecule has 2 heterocycles. The second-order valence-corrected chi connectivity index (χ2v) is 7.59. The van der Waals surface area contributed by atoms with E-state index in [2.05, 4.69) is 9.67 Å². The van der Waals surface area contributed by atoms with E-state index in [0.29, 0.717) is 24.9 Å². The van der Waals surface area contributed by atoms with Crippen LogP contribution in [0.5, 0.6) is 5.75 Å². The second-order valence-electron chi connectivity index (χ2n) is 7.59. The highest BCUT2D eigenvalue weighted by atomic mass is 19.1. The number of methoxy groups -OCH3 is 1. The minimum absolute atomic E-state index is 0.129. The predicted molar refractivity (Wildman–Crippen MR) is 122 cm³/mol. The van der Waals surface area contributed by atoms with E-state index in [9.17, 15) is 9.18 Å². The summed E-state index contributed by atoms with van der Waals surface area (Å²) in [6.07, 6.45) is 2.22. The van der Waals surface area contributed by atoms with E-state index in [1.165, 1.54) is 4.68 Å². The van der Waals surface area contributed by atoms with Gasteiger partial charge in [0.2, 0.25) is 0 Å². The molecule has 0 saturated carbocycles. The van der Waals surface area contributed by atoms with Gasteiger partial charge in [-0.3, -0.25) is 9.18 Å². The molecule has 156 valence electrons. The van der Waals surface area contributed by atoms with Crippen LogP contribution in [-0.2, 0) is 13.1 Å². The van der Waals surface area contributed by atoms with E-state index in [1.807, 2.05) is 60.7 Å². The van der Waals surface area contributed by atoms with Gasteiger partial charge >= 0.3 is 0 Å². The molecule has 0 fully saturated rings. The van der Waals surface area contributed by atoms with Gasteiger partial charge in [0.1, 0.15) is 5.75 Å². The lowest BCUT2D eigenvalue weighted by Gasteiger charge is -2.09. The molecule has 0 saturated heterocycles. The number of hydrogen-bond donors (Lipinski definition) is 0. The lowest BCUT2D eigenvalue weighted by atomic mass is 10.1. The molecule has 6 heteroatoms. The molecule has 3 aromatic carbocycles. The van der Waals surface area contributed by atoms with Gasteiger partial charge in [-0.1, -0.05) is 30.3 Å². The molecule has 0 N–H and O–H groups in total. The van der Waals surface area contributed by atoms with Gasteiger partial charge in [-0.15, -0.1) is 0 Å². The number of hydrogen-bond acceptors (Lipinski definition) is 3. The molecule has 0 spiro atoms. The number of aryl methyl sites for hydroxylation is 1. The molecule has 2 aromatic heterocycles. The van der Waals surface area contributed by atoms with Crippen molar-refractivity contribution in [1.82, 2.24) is 14.3 Å². The first kappa shape index (κ1) is 19.3. The van der Waals surface area contributed by atoms with Crippen molar-refractivity contribution < 1.29 is 9.13 Å². The van der Waals surface area contributed by atoms with Gasteiger partial charge in [0.25, 0.3) is 5.56 Å². The van der Waals surface area contributed by atoms with Crippen LogP contribution in [0, 0.1) is 0 Å². The van der Waals surface area contributed by atoms with Gasteiger partial charge in [0.05, 0.1) is 31.9 Å². The van der Waals surface area contributed by atoms with Gasteiger partial charge in [0.15, 0.2) is 0 Å². The van der Waals surface area contributed by atoms with Crippen molar-refractivity contribution in [3.63, 3.8) is 0 Å². The molecule has 5 rings (SSSR count). The zero-order chi connectivity index (χ0) is 21.4. The van der Waals surface area contributed by atoms with E-state index < -0.39 is 0 Å². The van der Waals surface area contributed by atoms with Crippen LogP contribution in [0.3, 0.4) is 0 Å². The highest BCUT2D eigenvalue weighted by molar-refractivity contribution is 6.20. The summed E-state index contributed by atoms with van der Waals surface area (Å²) in [6, 6.07) is 19.5. The number of ether oxygens (including phenoxy) is 1. The fraction of sp³-hybridized carbons (Fsp3) is 0.200. The van der Waals surface area contributed by atoms with Crippen molar-refractivity contribution in [2.75, 3.05) is 13.8 Å². The van der Waals surface area contributed by atoms with Crippen molar-refractivity contribution in [2.45, 2.75) is 19.5 Å². The Hall–Kier alpha value is -3.67. The van der Waals surface area contributed by atoms with Crippen molar-refractivity contribution in [3.8, 4) is 5.75 Å². The third-order valence-electron chi connectivity index (χ3n) is 5.78. The SMILES string of the molecule is COc1ccc(Cn2ncc3c(ccc4c3c3ccccc3n4CCCF)c2=O)cc1. The summed E-state index contributed by atoms with van der Waals surface area (Å²) in [5.41, 5.74) is 2.88. The molecule has 0 aliphatic heterocycles. The molecule has 0 bridgehead atoms. The smallest absolute Gasteiger partial charge is 0.274 e. The molecule has 0 unspecified atom stereocenters. The minimum atomic E-state index is -0.362. The third kappa shape index (κ3) is 3.24. The molecule has 0 aliphatic rings. The predicted octanol–water partition coefficient (Wildman–Crippen LogP) is 4.92. The molecule has 0 radical (unpaired) electrons. The summed E-state index contributed by atoms with van der Waals surface area (Å²) in [7, 11) is 1.62. The maximum Gasteiger partial charge on any atom is 0.274 e. The van der Waals surface area contributed by atoms with Crippen molar-refractivity contribution in [1.29, 1.82) is 0 Å². The average Bonchev–Trinajstić information content (AvgIpc) is 3.14. The number of halogens is 1. The Morgan fingerprint density at radius 3 is 2.52 bits per heavy atom. The Kier molecular flexibility index (Phi) is 4.90. The number of para-hydroxylation sites is 1. The quantitative estimate of drug-likeness (QED) is 0.395. The van der Waals surface area contributed by atoms with Crippen LogP contribution in [0.2, 0.25) is 0 Å². The zero-order valence-electron chi connectivity index (χ0n) is 17.2. The number of benzene rings is 3. The first-order chi connectivity index (χ1) is 15.2. The highest BCUT2D eigenvalue weighted by Gasteiger charge is 2.15. The van der Waals surface area contributed by atoms with E-state index >= 15 is 0 Å². The van der Waals surface area contributed by atoms with Crippen LogP contribution in [0.1, 0.15) is 12.0 Å². The van der Waals surface area contributed by atoms with E-state index in [1.54, 1.807) is 13.3 Å². The first-order valence-electron chi connectivity index (χ1n) is 10.3. The third-order valence-corrected chi connectivity index (χ3v) is 5.78. The van der Waals surface area contributed by atoms with Crippen LogP contribution in [0.15, 0.2) is 71.7 Å². The van der Waals surface area contributed by atoms with Gasteiger partial charge < -0.3 is 9.30 Å². The van der Waals surface area contributed by atoms with Gasteiger partial charge in [-0.05, 0) is 42.3 Å². The van der Waals surface area contributed by atoms with E-state index in [0.717, 1.165) is 38.5 Å². The topological polar surface area (TPSA) is 49.0 Å². The minimum Gasteiger partial charge on any atom is -0.497 e. The fourth-order valence-corrected chi connectivity index (χ4v) is 4.28. The zero-order valence-corrected chi connectivity index (χ0v) is 17.2. The monoisotopic (exact) mass is 415 g/mol. The normalized spacial score (nSPS) is 11.5. The van der Waals surface area contributed by atoms with Gasteiger partial charge in [-0.2, -0.15) is 5.10 Å². The van der Waals surface area contributed by atoms with Crippen molar-refractivity contribution in [2.24, 2.45) is 0 Å². The summed E-state index contributed by atoms with van der Waals surface area (Å²) in [5.74, 6) is 0.772. The number of nitrogens with zero attached hydrogens (tertiary/aromatic N) is 3. The number of fused-ring (bicyclic) bond motifs is 5. The molecular weight excluding hydrogens is 393 g/mol. The Balaban J connectivity index is 1.67. The van der Waals surface area contributed by atoms with Crippen LogP contribution >= 0.6 is 0 Å². The van der Waals surface area contributed by atoms with E-state index in [4.69, 9.17) is 4.74 Å². The number of aromatic nitrogens is 3.